The van der Waals surface area contributed by atoms with Crippen LogP contribution in [0.4, 0.5) is 4.39 Å². The molecule has 20 heavy (non-hydrogen) atoms. The molecular weight excluding hydrogens is 259 g/mol. The SMILES string of the molecule is CC(O)(c1ccc(F)cc1)c1ccc2c(c1)OCCO2. The maximum atomic E-state index is 13.0. The van der Waals surface area contributed by atoms with Crippen LogP contribution in [0.15, 0.2) is 42.5 Å². The van der Waals surface area contributed by atoms with Crippen molar-refractivity contribution in [2.45, 2.75) is 12.5 Å². The summed E-state index contributed by atoms with van der Waals surface area (Å²) >= 11 is 0. The molecule has 0 bridgehead atoms. The van der Waals surface area contributed by atoms with Crippen molar-refractivity contribution < 1.29 is 19.0 Å². The molecule has 0 radical (unpaired) electrons. The molecule has 0 amide bonds. The van der Waals surface area contributed by atoms with Crippen molar-refractivity contribution in [1.82, 2.24) is 0 Å². The standard InChI is InChI=1S/C16H15FO3/c1-16(18,11-2-5-13(17)6-3-11)12-4-7-14-15(10-12)20-9-8-19-14/h2-7,10,18H,8-9H2,1H3. The van der Waals surface area contributed by atoms with Gasteiger partial charge in [-0.1, -0.05) is 18.2 Å². The van der Waals surface area contributed by atoms with Crippen molar-refractivity contribution in [3.63, 3.8) is 0 Å². The molecule has 0 aromatic heterocycles. The van der Waals surface area contributed by atoms with Gasteiger partial charge in [0.25, 0.3) is 0 Å². The van der Waals surface area contributed by atoms with Gasteiger partial charge in [-0.15, -0.1) is 0 Å². The minimum absolute atomic E-state index is 0.327. The Balaban J connectivity index is 2.00. The lowest BCUT2D eigenvalue weighted by atomic mass is 9.88. The molecule has 0 spiro atoms. The Morgan fingerprint density at radius 1 is 0.950 bits per heavy atom. The Bertz CT molecular complexity index is 620. The molecule has 1 unspecified atom stereocenters. The molecule has 1 heterocycles. The average molecular weight is 274 g/mol. The third-order valence-corrected chi connectivity index (χ3v) is 3.51. The summed E-state index contributed by atoms with van der Waals surface area (Å²) in [7, 11) is 0. The van der Waals surface area contributed by atoms with Gasteiger partial charge in [-0.25, -0.2) is 4.39 Å². The van der Waals surface area contributed by atoms with Crippen LogP contribution < -0.4 is 9.47 Å². The quantitative estimate of drug-likeness (QED) is 0.915. The molecule has 3 nitrogen and oxygen atoms in total. The van der Waals surface area contributed by atoms with E-state index >= 15 is 0 Å². The number of aliphatic hydroxyl groups is 1. The third kappa shape index (κ3) is 2.23. The van der Waals surface area contributed by atoms with Gasteiger partial charge in [0, 0.05) is 0 Å². The number of ether oxygens (including phenoxy) is 2. The molecule has 0 saturated heterocycles. The first-order valence-corrected chi connectivity index (χ1v) is 6.46. The zero-order chi connectivity index (χ0) is 14.2. The molecule has 0 saturated carbocycles. The largest absolute Gasteiger partial charge is 0.486 e. The van der Waals surface area contributed by atoms with Crippen molar-refractivity contribution >= 4 is 0 Å². The van der Waals surface area contributed by atoms with Gasteiger partial charge in [0.1, 0.15) is 24.6 Å². The topological polar surface area (TPSA) is 38.7 Å². The molecule has 1 aliphatic rings. The van der Waals surface area contributed by atoms with Crippen LogP contribution in [-0.2, 0) is 5.60 Å². The molecule has 0 aliphatic carbocycles. The lowest BCUT2D eigenvalue weighted by Crippen LogP contribution is -2.23. The molecule has 2 aromatic rings. The van der Waals surface area contributed by atoms with E-state index in [-0.39, 0.29) is 5.82 Å². The van der Waals surface area contributed by atoms with Gasteiger partial charge in [0.05, 0.1) is 0 Å². The third-order valence-electron chi connectivity index (χ3n) is 3.51. The summed E-state index contributed by atoms with van der Waals surface area (Å²) in [4.78, 5) is 0. The minimum Gasteiger partial charge on any atom is -0.486 e. The predicted molar refractivity (Wildman–Crippen MR) is 72.5 cm³/mol. The summed E-state index contributed by atoms with van der Waals surface area (Å²) in [6.45, 7) is 2.70. The van der Waals surface area contributed by atoms with Gasteiger partial charge in [0.15, 0.2) is 11.5 Å². The van der Waals surface area contributed by atoms with E-state index < -0.39 is 5.60 Å². The van der Waals surface area contributed by atoms with E-state index in [2.05, 4.69) is 0 Å². The molecule has 1 N–H and O–H groups in total. The monoisotopic (exact) mass is 274 g/mol. The Morgan fingerprint density at radius 3 is 2.25 bits per heavy atom. The van der Waals surface area contributed by atoms with Crippen molar-refractivity contribution in [1.29, 1.82) is 0 Å². The zero-order valence-electron chi connectivity index (χ0n) is 11.1. The van der Waals surface area contributed by atoms with E-state index in [9.17, 15) is 9.50 Å². The molecule has 2 aromatic carbocycles. The van der Waals surface area contributed by atoms with Crippen LogP contribution in [0.3, 0.4) is 0 Å². The predicted octanol–water partition coefficient (Wildman–Crippen LogP) is 2.85. The molecular formula is C16H15FO3. The van der Waals surface area contributed by atoms with Crippen LogP contribution in [0.2, 0.25) is 0 Å². The molecule has 3 rings (SSSR count). The van der Waals surface area contributed by atoms with Crippen LogP contribution in [0.5, 0.6) is 11.5 Å². The second kappa shape index (κ2) is 4.80. The van der Waals surface area contributed by atoms with Crippen molar-refractivity contribution in [3.05, 3.63) is 59.4 Å². The lowest BCUT2D eigenvalue weighted by Gasteiger charge is -2.26. The molecule has 0 fully saturated rings. The van der Waals surface area contributed by atoms with Crippen LogP contribution in [0.1, 0.15) is 18.1 Å². The highest BCUT2D eigenvalue weighted by Gasteiger charge is 2.27. The number of rotatable bonds is 2. The summed E-state index contributed by atoms with van der Waals surface area (Å²) in [6, 6.07) is 11.2. The van der Waals surface area contributed by atoms with Crippen molar-refractivity contribution in [2.24, 2.45) is 0 Å². The van der Waals surface area contributed by atoms with Gasteiger partial charge < -0.3 is 14.6 Å². The summed E-state index contributed by atoms with van der Waals surface area (Å²) in [6.07, 6.45) is 0. The van der Waals surface area contributed by atoms with Crippen LogP contribution >= 0.6 is 0 Å². The van der Waals surface area contributed by atoms with Crippen LogP contribution in [0.25, 0.3) is 0 Å². The number of benzene rings is 2. The zero-order valence-corrected chi connectivity index (χ0v) is 11.1. The van der Waals surface area contributed by atoms with E-state index in [1.165, 1.54) is 12.1 Å². The van der Waals surface area contributed by atoms with Crippen LogP contribution in [-0.4, -0.2) is 18.3 Å². The van der Waals surface area contributed by atoms with Gasteiger partial charge >= 0.3 is 0 Å². The lowest BCUT2D eigenvalue weighted by molar-refractivity contribution is 0.101. The number of fused-ring (bicyclic) bond motifs is 1. The maximum Gasteiger partial charge on any atom is 0.161 e. The summed E-state index contributed by atoms with van der Waals surface area (Å²) in [5.74, 6) is 0.970. The average Bonchev–Trinajstić information content (AvgIpc) is 2.47. The molecule has 4 heteroatoms. The van der Waals surface area contributed by atoms with E-state index in [1.807, 2.05) is 0 Å². The number of hydrogen-bond acceptors (Lipinski definition) is 3. The highest BCUT2D eigenvalue weighted by atomic mass is 19.1. The fraction of sp³-hybridized carbons (Fsp3) is 0.250. The van der Waals surface area contributed by atoms with E-state index in [0.717, 1.165) is 0 Å². The fourth-order valence-electron chi connectivity index (χ4n) is 2.29. The second-order valence-corrected chi connectivity index (χ2v) is 4.94. The molecule has 104 valence electrons. The Labute approximate surface area is 116 Å². The van der Waals surface area contributed by atoms with Crippen LogP contribution in [0, 0.1) is 5.82 Å². The van der Waals surface area contributed by atoms with Gasteiger partial charge in [-0.05, 0) is 42.3 Å². The second-order valence-electron chi connectivity index (χ2n) is 4.94. The normalized spacial score (nSPS) is 16.6. The number of hydrogen-bond donors (Lipinski definition) is 1. The van der Waals surface area contributed by atoms with E-state index in [1.54, 1.807) is 37.3 Å². The van der Waals surface area contributed by atoms with E-state index in [0.29, 0.717) is 35.8 Å². The van der Waals surface area contributed by atoms with Gasteiger partial charge in [-0.2, -0.15) is 0 Å². The van der Waals surface area contributed by atoms with Crippen molar-refractivity contribution in [2.75, 3.05) is 13.2 Å². The molecule has 1 atom stereocenters. The van der Waals surface area contributed by atoms with Gasteiger partial charge in [-0.3, -0.25) is 0 Å². The Kier molecular flexibility index (Phi) is 3.10. The summed E-state index contributed by atoms with van der Waals surface area (Å²) in [5, 5.41) is 10.7. The summed E-state index contributed by atoms with van der Waals surface area (Å²) in [5.41, 5.74) is 0.0766. The molecule has 1 aliphatic heterocycles. The maximum absolute atomic E-state index is 13.0. The Hall–Kier alpha value is -2.07. The van der Waals surface area contributed by atoms with Crippen molar-refractivity contribution in [3.8, 4) is 11.5 Å². The highest BCUT2D eigenvalue weighted by Crippen LogP contribution is 2.37. The fourth-order valence-corrected chi connectivity index (χ4v) is 2.29. The van der Waals surface area contributed by atoms with E-state index in [4.69, 9.17) is 9.47 Å². The van der Waals surface area contributed by atoms with Gasteiger partial charge in [0.2, 0.25) is 0 Å². The summed E-state index contributed by atoms with van der Waals surface area (Å²) < 4.78 is 24.0. The number of halogens is 1. The first kappa shape index (κ1) is 12.9. The highest BCUT2D eigenvalue weighted by molar-refractivity contribution is 5.47. The Morgan fingerprint density at radius 2 is 1.55 bits per heavy atom. The first-order valence-electron chi connectivity index (χ1n) is 6.46. The smallest absolute Gasteiger partial charge is 0.161 e. The first-order chi connectivity index (χ1) is 9.57. The minimum atomic E-state index is -1.22.